The zero-order valence-electron chi connectivity index (χ0n) is 22.8. The van der Waals surface area contributed by atoms with E-state index in [2.05, 4.69) is 20.4 Å². The van der Waals surface area contributed by atoms with Gasteiger partial charge in [-0.15, -0.1) is 5.10 Å². The molecule has 1 aliphatic heterocycles. The average molecular weight is 550 g/mol. The van der Waals surface area contributed by atoms with Gasteiger partial charge < -0.3 is 24.8 Å². The van der Waals surface area contributed by atoms with Crippen molar-refractivity contribution in [3.8, 4) is 11.5 Å². The van der Waals surface area contributed by atoms with Crippen LogP contribution in [0.5, 0.6) is 11.5 Å². The number of likely N-dealkylation sites (tertiary alicyclic amines) is 1. The van der Waals surface area contributed by atoms with Crippen molar-refractivity contribution in [3.63, 3.8) is 0 Å². The molecule has 3 atom stereocenters. The van der Waals surface area contributed by atoms with Gasteiger partial charge in [-0.2, -0.15) is 8.78 Å². The van der Waals surface area contributed by atoms with E-state index in [4.69, 9.17) is 4.74 Å². The molecule has 1 saturated carbocycles. The van der Waals surface area contributed by atoms with Gasteiger partial charge >= 0.3 is 6.61 Å². The van der Waals surface area contributed by atoms with E-state index in [0.717, 1.165) is 25.0 Å². The number of aliphatic hydroxyl groups excluding tert-OH is 1. The summed E-state index contributed by atoms with van der Waals surface area (Å²) in [6.07, 6.45) is 3.82. The quantitative estimate of drug-likeness (QED) is 0.441. The molecule has 1 aliphatic carbocycles. The van der Waals surface area contributed by atoms with Crippen molar-refractivity contribution in [3.05, 3.63) is 35.7 Å². The Morgan fingerprint density at radius 2 is 2.00 bits per heavy atom. The first-order valence-corrected chi connectivity index (χ1v) is 13.4. The molecule has 39 heavy (non-hydrogen) atoms. The van der Waals surface area contributed by atoms with Crippen LogP contribution in [0.25, 0.3) is 0 Å². The minimum atomic E-state index is -3.05. The number of alkyl halides is 2. The van der Waals surface area contributed by atoms with Gasteiger partial charge in [0.25, 0.3) is 0 Å². The molecule has 0 radical (unpaired) electrons. The van der Waals surface area contributed by atoms with Gasteiger partial charge in [-0.3, -0.25) is 9.59 Å². The number of carbonyl (C=O) groups excluding carboxylic acids is 2. The monoisotopic (exact) mass is 549 g/mol. The van der Waals surface area contributed by atoms with Gasteiger partial charge in [0.2, 0.25) is 11.8 Å². The summed E-state index contributed by atoms with van der Waals surface area (Å²) >= 11 is 0. The standard InChI is InChI=1S/C27H37F2N5O5/c1-5-10-38-19-9-8-17(22(12-19)39-26(28)29)13-30-24(36)21-11-18(35)14-33(21)25(37)23(27(2,3)4)34-15-20(31-32-34)16-6-7-16/h8-9,12,15-16,18,21,23,26,35H,5-7,10-11,13-14H2,1-4H3,(H,30,36)/t18-,21+,23-/m1/s1. The number of benzene rings is 1. The molecular weight excluding hydrogens is 512 g/mol. The van der Waals surface area contributed by atoms with Crippen LogP contribution in [-0.4, -0.2) is 68.7 Å². The maximum atomic E-state index is 13.9. The van der Waals surface area contributed by atoms with Gasteiger partial charge in [-0.1, -0.05) is 32.9 Å². The summed E-state index contributed by atoms with van der Waals surface area (Å²) in [6.45, 7) is 4.91. The van der Waals surface area contributed by atoms with Crippen LogP contribution in [-0.2, 0) is 16.1 Å². The fourth-order valence-corrected chi connectivity index (χ4v) is 4.82. The molecule has 2 aliphatic rings. The Bertz CT molecular complexity index is 1160. The number of amides is 2. The predicted molar refractivity (Wildman–Crippen MR) is 137 cm³/mol. The van der Waals surface area contributed by atoms with E-state index in [1.165, 1.54) is 11.0 Å². The largest absolute Gasteiger partial charge is 0.493 e. The predicted octanol–water partition coefficient (Wildman–Crippen LogP) is 3.41. The molecule has 2 aromatic rings. The highest BCUT2D eigenvalue weighted by atomic mass is 19.3. The van der Waals surface area contributed by atoms with Crippen LogP contribution in [0.3, 0.4) is 0 Å². The second-order valence-electron chi connectivity index (χ2n) is 11.3. The van der Waals surface area contributed by atoms with Crippen molar-refractivity contribution in [2.45, 2.75) is 90.6 Å². The van der Waals surface area contributed by atoms with Gasteiger partial charge in [0.15, 0.2) is 0 Å². The maximum Gasteiger partial charge on any atom is 0.387 e. The van der Waals surface area contributed by atoms with E-state index in [1.54, 1.807) is 23.0 Å². The zero-order valence-corrected chi connectivity index (χ0v) is 22.8. The Morgan fingerprint density at radius 1 is 1.26 bits per heavy atom. The molecular formula is C27H37F2N5O5. The lowest BCUT2D eigenvalue weighted by atomic mass is 9.85. The number of hydrogen-bond acceptors (Lipinski definition) is 7. The number of nitrogens with zero attached hydrogens (tertiary/aromatic N) is 4. The van der Waals surface area contributed by atoms with E-state index < -0.39 is 36.1 Å². The maximum absolute atomic E-state index is 13.9. The molecule has 1 aromatic heterocycles. The Kier molecular flexibility index (Phi) is 8.73. The Morgan fingerprint density at radius 3 is 2.64 bits per heavy atom. The minimum absolute atomic E-state index is 0.00309. The summed E-state index contributed by atoms with van der Waals surface area (Å²) in [6, 6.07) is 2.86. The minimum Gasteiger partial charge on any atom is -0.493 e. The Balaban J connectivity index is 1.49. The van der Waals surface area contributed by atoms with E-state index in [-0.39, 0.29) is 31.2 Å². The number of hydrogen-bond donors (Lipinski definition) is 2. The van der Waals surface area contributed by atoms with E-state index >= 15 is 0 Å². The van der Waals surface area contributed by atoms with Crippen molar-refractivity contribution in [1.82, 2.24) is 25.2 Å². The highest BCUT2D eigenvalue weighted by Gasteiger charge is 2.45. The molecule has 10 nitrogen and oxygen atoms in total. The molecule has 0 spiro atoms. The van der Waals surface area contributed by atoms with Crippen molar-refractivity contribution in [1.29, 1.82) is 0 Å². The summed E-state index contributed by atoms with van der Waals surface area (Å²) in [4.78, 5) is 28.5. The van der Waals surface area contributed by atoms with Gasteiger partial charge in [0.05, 0.1) is 18.4 Å². The Labute approximate surface area is 226 Å². The average Bonchev–Trinajstić information content (AvgIpc) is 3.47. The highest BCUT2D eigenvalue weighted by molar-refractivity contribution is 5.90. The Hall–Kier alpha value is -3.28. The number of aliphatic hydroxyl groups is 1. The van der Waals surface area contributed by atoms with Crippen molar-refractivity contribution in [2.24, 2.45) is 5.41 Å². The lowest BCUT2D eigenvalue weighted by Crippen LogP contribution is -2.50. The van der Waals surface area contributed by atoms with E-state index in [9.17, 15) is 23.5 Å². The van der Waals surface area contributed by atoms with Crippen LogP contribution in [0.15, 0.2) is 24.4 Å². The number of halogens is 2. The van der Waals surface area contributed by atoms with Crippen LogP contribution in [0.1, 0.15) is 76.6 Å². The second-order valence-corrected chi connectivity index (χ2v) is 11.3. The summed E-state index contributed by atoms with van der Waals surface area (Å²) in [5, 5.41) is 21.6. The van der Waals surface area contributed by atoms with Crippen molar-refractivity contribution < 1.29 is 33.0 Å². The van der Waals surface area contributed by atoms with Crippen LogP contribution in [0, 0.1) is 5.41 Å². The lowest BCUT2D eigenvalue weighted by molar-refractivity contribution is -0.144. The second kappa shape index (κ2) is 11.8. The molecule has 4 rings (SSSR count). The van der Waals surface area contributed by atoms with E-state index in [1.807, 2.05) is 27.7 Å². The van der Waals surface area contributed by atoms with E-state index in [0.29, 0.717) is 23.8 Å². The number of ether oxygens (including phenoxy) is 2. The third-order valence-corrected chi connectivity index (χ3v) is 6.89. The highest BCUT2D eigenvalue weighted by Crippen LogP contribution is 2.40. The van der Waals surface area contributed by atoms with Crippen LogP contribution < -0.4 is 14.8 Å². The molecule has 2 heterocycles. The van der Waals surface area contributed by atoms with Gasteiger partial charge in [-0.05, 0) is 36.8 Å². The molecule has 214 valence electrons. The van der Waals surface area contributed by atoms with Gasteiger partial charge in [0.1, 0.15) is 23.6 Å². The number of nitrogens with one attached hydrogen (secondary N) is 1. The number of aromatic nitrogens is 3. The first kappa shape index (κ1) is 28.7. The summed E-state index contributed by atoms with van der Waals surface area (Å²) in [5.41, 5.74) is 0.621. The molecule has 0 bridgehead atoms. The van der Waals surface area contributed by atoms with Crippen LogP contribution >= 0.6 is 0 Å². The number of carbonyl (C=O) groups is 2. The zero-order chi connectivity index (χ0) is 28.3. The van der Waals surface area contributed by atoms with Crippen molar-refractivity contribution >= 4 is 11.8 Å². The first-order chi connectivity index (χ1) is 18.5. The van der Waals surface area contributed by atoms with Crippen LogP contribution in [0.4, 0.5) is 8.78 Å². The molecule has 2 fully saturated rings. The third-order valence-electron chi connectivity index (χ3n) is 6.89. The summed E-state index contributed by atoms with van der Waals surface area (Å²) in [5.74, 6) is -0.203. The molecule has 1 saturated heterocycles. The smallest absolute Gasteiger partial charge is 0.387 e. The van der Waals surface area contributed by atoms with Crippen LogP contribution in [0.2, 0.25) is 0 Å². The number of rotatable bonds is 11. The summed E-state index contributed by atoms with van der Waals surface area (Å²) in [7, 11) is 0. The molecule has 2 N–H and O–H groups in total. The topological polar surface area (TPSA) is 119 Å². The van der Waals surface area contributed by atoms with Crippen molar-refractivity contribution in [2.75, 3.05) is 13.2 Å². The SMILES string of the molecule is CCCOc1ccc(CNC(=O)[C@@H]2C[C@@H](O)CN2C(=O)[C@@H](n2cc(C3CC3)nn2)C(C)(C)C)c(OC(F)F)c1. The lowest BCUT2D eigenvalue weighted by Gasteiger charge is -2.34. The van der Waals surface area contributed by atoms with Gasteiger partial charge in [0, 0.05) is 43.3 Å². The normalized spacial score (nSPS) is 20.3. The fraction of sp³-hybridized carbons (Fsp3) is 0.630. The molecule has 0 unspecified atom stereocenters. The fourth-order valence-electron chi connectivity index (χ4n) is 4.82. The third kappa shape index (κ3) is 7.03. The number of β-amino-alcohol motifs (C(OH)–C–C–N with tert-alkyl or cyclic N) is 1. The summed E-state index contributed by atoms with van der Waals surface area (Å²) < 4.78 is 37.8. The first-order valence-electron chi connectivity index (χ1n) is 13.4. The van der Waals surface area contributed by atoms with Gasteiger partial charge in [-0.25, -0.2) is 4.68 Å². The molecule has 2 amide bonds. The molecule has 12 heteroatoms. The molecule has 1 aromatic carbocycles.